The van der Waals surface area contributed by atoms with Crippen molar-refractivity contribution in [2.45, 2.75) is 33.3 Å². The summed E-state index contributed by atoms with van der Waals surface area (Å²) < 4.78 is 5.23. The fourth-order valence-electron chi connectivity index (χ4n) is 1.82. The number of amides is 1. The van der Waals surface area contributed by atoms with Crippen molar-refractivity contribution < 1.29 is 9.53 Å². The lowest BCUT2D eigenvalue weighted by molar-refractivity contribution is 0.0636. The van der Waals surface area contributed by atoms with Gasteiger partial charge in [-0.3, -0.25) is 10.3 Å². The van der Waals surface area contributed by atoms with Crippen LogP contribution in [0.3, 0.4) is 0 Å². The molecular formula is C15H18N2O2. The van der Waals surface area contributed by atoms with Gasteiger partial charge in [0.1, 0.15) is 5.60 Å². The van der Waals surface area contributed by atoms with E-state index in [1.165, 1.54) is 0 Å². The Labute approximate surface area is 112 Å². The van der Waals surface area contributed by atoms with E-state index >= 15 is 0 Å². The number of aromatic nitrogens is 1. The van der Waals surface area contributed by atoms with Crippen molar-refractivity contribution in [3.63, 3.8) is 0 Å². The summed E-state index contributed by atoms with van der Waals surface area (Å²) in [5.41, 5.74) is 2.06. The Kier molecular flexibility index (Phi) is 3.42. The van der Waals surface area contributed by atoms with E-state index in [9.17, 15) is 4.79 Å². The number of rotatable bonds is 1. The monoisotopic (exact) mass is 258 g/mol. The van der Waals surface area contributed by atoms with Crippen LogP contribution >= 0.6 is 0 Å². The molecule has 100 valence electrons. The first-order valence-corrected chi connectivity index (χ1v) is 6.21. The molecule has 1 N–H and O–H groups in total. The normalized spacial score (nSPS) is 11.4. The minimum Gasteiger partial charge on any atom is -0.444 e. The maximum atomic E-state index is 11.8. The van der Waals surface area contributed by atoms with Crippen LogP contribution in [0.1, 0.15) is 26.3 Å². The van der Waals surface area contributed by atoms with Crippen LogP contribution in [-0.2, 0) is 4.74 Å². The first kappa shape index (κ1) is 13.3. The van der Waals surface area contributed by atoms with Gasteiger partial charge < -0.3 is 4.74 Å². The molecule has 1 aromatic carbocycles. The van der Waals surface area contributed by atoms with E-state index in [1.807, 2.05) is 52.0 Å². The van der Waals surface area contributed by atoms with Crippen molar-refractivity contribution in [3.05, 3.63) is 36.0 Å². The molecule has 4 heteroatoms. The molecule has 0 saturated carbocycles. The Morgan fingerprint density at radius 3 is 2.63 bits per heavy atom. The van der Waals surface area contributed by atoms with Crippen LogP contribution in [0.2, 0.25) is 0 Å². The first-order chi connectivity index (χ1) is 8.87. The van der Waals surface area contributed by atoms with Crippen LogP contribution in [0.5, 0.6) is 0 Å². The summed E-state index contributed by atoms with van der Waals surface area (Å²) in [4.78, 5) is 16.1. The number of aryl methyl sites for hydroxylation is 1. The van der Waals surface area contributed by atoms with E-state index in [1.54, 1.807) is 6.20 Å². The fraction of sp³-hybridized carbons (Fsp3) is 0.333. The second-order valence-corrected chi connectivity index (χ2v) is 5.44. The van der Waals surface area contributed by atoms with Crippen molar-refractivity contribution >= 4 is 22.7 Å². The number of fused-ring (bicyclic) bond motifs is 1. The third-order valence-electron chi connectivity index (χ3n) is 2.68. The molecule has 1 amide bonds. The Balaban J connectivity index is 2.26. The molecule has 0 unspecified atom stereocenters. The number of anilines is 1. The summed E-state index contributed by atoms with van der Waals surface area (Å²) in [7, 11) is 0. The predicted octanol–water partition coefficient (Wildman–Crippen LogP) is 3.89. The SMILES string of the molecule is Cc1c(NC(=O)OC(C)(C)C)cnc2ccccc12. The zero-order valence-electron chi connectivity index (χ0n) is 11.7. The van der Waals surface area contributed by atoms with E-state index in [0.29, 0.717) is 5.69 Å². The topological polar surface area (TPSA) is 51.2 Å². The van der Waals surface area contributed by atoms with Crippen LogP contribution in [0, 0.1) is 6.92 Å². The number of hydrogen-bond acceptors (Lipinski definition) is 3. The number of nitrogens with one attached hydrogen (secondary N) is 1. The number of ether oxygens (including phenoxy) is 1. The Hall–Kier alpha value is -2.10. The molecule has 2 aromatic rings. The van der Waals surface area contributed by atoms with Crippen molar-refractivity contribution in [2.24, 2.45) is 0 Å². The third-order valence-corrected chi connectivity index (χ3v) is 2.68. The van der Waals surface area contributed by atoms with Crippen LogP contribution in [0.4, 0.5) is 10.5 Å². The molecule has 0 fully saturated rings. The summed E-state index contributed by atoms with van der Waals surface area (Å²) in [5.74, 6) is 0. The summed E-state index contributed by atoms with van der Waals surface area (Å²) in [5, 5.41) is 3.76. The van der Waals surface area contributed by atoms with Gasteiger partial charge in [0.15, 0.2) is 0 Å². The lowest BCUT2D eigenvalue weighted by atomic mass is 10.1. The van der Waals surface area contributed by atoms with Crippen molar-refractivity contribution in [1.82, 2.24) is 4.98 Å². The highest BCUT2D eigenvalue weighted by molar-refractivity contribution is 5.92. The molecule has 0 radical (unpaired) electrons. The number of pyridine rings is 1. The van der Waals surface area contributed by atoms with Crippen LogP contribution in [-0.4, -0.2) is 16.7 Å². The molecule has 0 saturated heterocycles. The average Bonchev–Trinajstić information content (AvgIpc) is 2.31. The molecular weight excluding hydrogens is 240 g/mol. The van der Waals surface area contributed by atoms with Gasteiger partial charge in [0.2, 0.25) is 0 Å². The molecule has 1 aromatic heterocycles. The predicted molar refractivity (Wildman–Crippen MR) is 76.3 cm³/mol. The van der Waals surface area contributed by atoms with Gasteiger partial charge >= 0.3 is 6.09 Å². The summed E-state index contributed by atoms with van der Waals surface area (Å²) >= 11 is 0. The van der Waals surface area contributed by atoms with E-state index in [4.69, 9.17) is 4.74 Å². The second kappa shape index (κ2) is 4.88. The van der Waals surface area contributed by atoms with Gasteiger partial charge in [0, 0.05) is 5.39 Å². The number of para-hydroxylation sites is 1. The van der Waals surface area contributed by atoms with Gasteiger partial charge in [0.05, 0.1) is 17.4 Å². The number of carbonyl (C=O) groups excluding carboxylic acids is 1. The maximum Gasteiger partial charge on any atom is 0.412 e. The Bertz CT molecular complexity index is 615. The van der Waals surface area contributed by atoms with Gasteiger partial charge in [-0.05, 0) is 39.3 Å². The van der Waals surface area contributed by atoms with Gasteiger partial charge in [-0.25, -0.2) is 4.79 Å². The molecule has 0 spiro atoms. The molecule has 0 atom stereocenters. The van der Waals surface area contributed by atoms with Crippen molar-refractivity contribution in [2.75, 3.05) is 5.32 Å². The number of nitrogens with zero attached hydrogens (tertiary/aromatic N) is 1. The van der Waals surface area contributed by atoms with Crippen molar-refractivity contribution in [1.29, 1.82) is 0 Å². The first-order valence-electron chi connectivity index (χ1n) is 6.21. The highest BCUT2D eigenvalue weighted by Gasteiger charge is 2.17. The summed E-state index contributed by atoms with van der Waals surface area (Å²) in [6.07, 6.45) is 1.19. The van der Waals surface area contributed by atoms with E-state index in [2.05, 4.69) is 10.3 Å². The molecule has 0 aliphatic rings. The van der Waals surface area contributed by atoms with Crippen LogP contribution in [0.25, 0.3) is 10.9 Å². The third kappa shape index (κ3) is 3.22. The summed E-state index contributed by atoms with van der Waals surface area (Å²) in [6.45, 7) is 7.45. The average molecular weight is 258 g/mol. The Morgan fingerprint density at radius 1 is 1.26 bits per heavy atom. The standard InChI is InChI=1S/C15H18N2O2/c1-10-11-7-5-6-8-12(11)16-9-13(10)17-14(18)19-15(2,3)4/h5-9H,1-4H3,(H,17,18). The quantitative estimate of drug-likeness (QED) is 0.844. The van der Waals surface area contributed by atoms with E-state index < -0.39 is 11.7 Å². The fourth-order valence-corrected chi connectivity index (χ4v) is 1.82. The number of carbonyl (C=O) groups is 1. The minimum absolute atomic E-state index is 0.465. The van der Waals surface area contributed by atoms with Gasteiger partial charge in [-0.15, -0.1) is 0 Å². The Morgan fingerprint density at radius 2 is 1.95 bits per heavy atom. The van der Waals surface area contributed by atoms with Crippen LogP contribution < -0.4 is 5.32 Å². The summed E-state index contributed by atoms with van der Waals surface area (Å²) in [6, 6.07) is 7.82. The van der Waals surface area contributed by atoms with Crippen LogP contribution in [0.15, 0.2) is 30.5 Å². The largest absolute Gasteiger partial charge is 0.444 e. The number of hydrogen-bond donors (Lipinski definition) is 1. The highest BCUT2D eigenvalue weighted by atomic mass is 16.6. The lowest BCUT2D eigenvalue weighted by Gasteiger charge is -2.20. The molecule has 2 rings (SSSR count). The van der Waals surface area contributed by atoms with E-state index in [-0.39, 0.29) is 0 Å². The minimum atomic E-state index is -0.512. The van der Waals surface area contributed by atoms with Crippen molar-refractivity contribution in [3.8, 4) is 0 Å². The molecule has 4 nitrogen and oxygen atoms in total. The molecule has 19 heavy (non-hydrogen) atoms. The second-order valence-electron chi connectivity index (χ2n) is 5.44. The highest BCUT2D eigenvalue weighted by Crippen LogP contribution is 2.23. The smallest absolute Gasteiger partial charge is 0.412 e. The molecule has 0 aliphatic heterocycles. The molecule has 1 heterocycles. The van der Waals surface area contributed by atoms with Gasteiger partial charge in [-0.2, -0.15) is 0 Å². The van der Waals surface area contributed by atoms with E-state index in [0.717, 1.165) is 16.5 Å². The molecule has 0 aliphatic carbocycles. The lowest BCUT2D eigenvalue weighted by Crippen LogP contribution is -2.27. The maximum absolute atomic E-state index is 11.8. The van der Waals surface area contributed by atoms with Gasteiger partial charge in [0.25, 0.3) is 0 Å². The zero-order chi connectivity index (χ0) is 14.0. The number of benzene rings is 1. The zero-order valence-corrected chi connectivity index (χ0v) is 11.7. The molecule has 0 bridgehead atoms. The van der Waals surface area contributed by atoms with Gasteiger partial charge in [-0.1, -0.05) is 18.2 Å².